The van der Waals surface area contributed by atoms with Crippen molar-refractivity contribution in [3.63, 3.8) is 0 Å². The van der Waals surface area contributed by atoms with Crippen molar-refractivity contribution in [1.82, 2.24) is 0 Å². The summed E-state index contributed by atoms with van der Waals surface area (Å²) in [4.78, 5) is 24.2. The number of amides is 1. The Hall–Kier alpha value is -3.22. The lowest BCUT2D eigenvalue weighted by Crippen LogP contribution is -2.54. The number of anilines is 1. The van der Waals surface area contributed by atoms with E-state index in [-0.39, 0.29) is 0 Å². The highest BCUT2D eigenvalue weighted by Crippen LogP contribution is 2.49. The van der Waals surface area contributed by atoms with Crippen molar-refractivity contribution in [1.29, 1.82) is 0 Å². The molecule has 2 heterocycles. The van der Waals surface area contributed by atoms with Gasteiger partial charge in [-0.3, -0.25) is 14.9 Å². The van der Waals surface area contributed by atoms with Crippen LogP contribution < -0.4 is 9.75 Å². The third-order valence-corrected chi connectivity index (χ3v) is 4.96. The molecule has 0 bridgehead atoms. The molecular weight excluding hydrogens is 334 g/mol. The third kappa shape index (κ3) is 2.20. The Morgan fingerprint density at radius 2 is 1.88 bits per heavy atom. The molecule has 2 aliphatic rings. The van der Waals surface area contributed by atoms with Crippen LogP contribution in [-0.4, -0.2) is 28.7 Å². The number of para-hydroxylation sites is 1. The first-order chi connectivity index (χ1) is 12.4. The average Bonchev–Trinajstić information content (AvgIpc) is 3.06. The van der Waals surface area contributed by atoms with Crippen molar-refractivity contribution in [2.75, 3.05) is 11.6 Å². The number of hydrazone groups is 1. The van der Waals surface area contributed by atoms with Gasteiger partial charge in [-0.05, 0) is 32.0 Å². The molecular formula is C19H17N3O4. The van der Waals surface area contributed by atoms with E-state index >= 15 is 0 Å². The van der Waals surface area contributed by atoms with Crippen LogP contribution in [0, 0.1) is 17.0 Å². The molecule has 2 aliphatic heterocycles. The fourth-order valence-corrected chi connectivity index (χ4v) is 3.66. The molecule has 2 atom stereocenters. The van der Waals surface area contributed by atoms with E-state index in [1.165, 1.54) is 5.01 Å². The van der Waals surface area contributed by atoms with Gasteiger partial charge in [0, 0.05) is 10.5 Å². The van der Waals surface area contributed by atoms with Crippen LogP contribution in [-0.2, 0) is 4.79 Å². The lowest BCUT2D eigenvalue weighted by Gasteiger charge is -2.27. The normalized spacial score (nSPS) is 23.8. The number of nitro groups is 1. The molecule has 7 heteroatoms. The van der Waals surface area contributed by atoms with Crippen molar-refractivity contribution in [3.05, 3.63) is 69.8 Å². The van der Waals surface area contributed by atoms with Crippen LogP contribution in [0.1, 0.15) is 24.0 Å². The Bertz CT molecular complexity index is 938. The standard InChI is InChI=1S/C19H17N3O4/c1-12-7-9-14(10-8-12)22-18(23)19(13(2)20-22)16(11-21(24)25)15-5-3-4-6-17(15)26-19/h3-10,16H,11H2,1-2H3/t16-,19+/m0/s1. The molecule has 0 N–H and O–H groups in total. The molecule has 0 aliphatic carbocycles. The number of benzene rings is 2. The number of nitrogens with zero attached hydrogens (tertiary/aromatic N) is 3. The van der Waals surface area contributed by atoms with Crippen molar-refractivity contribution >= 4 is 17.3 Å². The highest BCUT2D eigenvalue weighted by Gasteiger charge is 2.63. The SMILES string of the molecule is CC1=NN(c2ccc(C)cc2)C(=O)[C@@]12Oc1ccccc1[C@@H]2C[N+](=O)[O-]. The van der Waals surface area contributed by atoms with Gasteiger partial charge in [0.25, 0.3) is 5.91 Å². The Balaban J connectivity index is 1.80. The molecule has 2 aromatic rings. The molecule has 132 valence electrons. The summed E-state index contributed by atoms with van der Waals surface area (Å²) >= 11 is 0. The van der Waals surface area contributed by atoms with Gasteiger partial charge in [0.2, 0.25) is 12.1 Å². The Morgan fingerprint density at radius 3 is 2.58 bits per heavy atom. The molecule has 4 rings (SSSR count). The summed E-state index contributed by atoms with van der Waals surface area (Å²) in [6, 6.07) is 14.4. The molecule has 1 spiro atoms. The van der Waals surface area contributed by atoms with Crippen LogP contribution in [0.15, 0.2) is 53.6 Å². The van der Waals surface area contributed by atoms with Crippen molar-refractivity contribution < 1.29 is 14.5 Å². The quantitative estimate of drug-likeness (QED) is 0.628. The van der Waals surface area contributed by atoms with Gasteiger partial charge in [-0.15, -0.1) is 0 Å². The number of hydrogen-bond donors (Lipinski definition) is 0. The predicted octanol–water partition coefficient (Wildman–Crippen LogP) is 2.91. The fourth-order valence-electron chi connectivity index (χ4n) is 3.66. The van der Waals surface area contributed by atoms with Gasteiger partial charge in [0.15, 0.2) is 0 Å². The van der Waals surface area contributed by atoms with Gasteiger partial charge in [0.1, 0.15) is 11.7 Å². The summed E-state index contributed by atoms with van der Waals surface area (Å²) in [7, 11) is 0. The maximum Gasteiger partial charge on any atom is 0.298 e. The molecule has 7 nitrogen and oxygen atoms in total. The second-order valence-electron chi connectivity index (χ2n) is 6.58. The molecule has 2 aromatic carbocycles. The van der Waals surface area contributed by atoms with Crippen molar-refractivity contribution in [3.8, 4) is 5.75 Å². The highest BCUT2D eigenvalue weighted by atomic mass is 16.6. The van der Waals surface area contributed by atoms with Gasteiger partial charge in [-0.25, -0.2) is 0 Å². The highest BCUT2D eigenvalue weighted by molar-refractivity contribution is 6.23. The van der Waals surface area contributed by atoms with Crippen LogP contribution in [0.2, 0.25) is 0 Å². The first kappa shape index (κ1) is 16.3. The molecule has 0 fully saturated rings. The minimum absolute atomic E-state index is 0.401. The van der Waals surface area contributed by atoms with Crippen molar-refractivity contribution in [2.45, 2.75) is 25.4 Å². The maximum atomic E-state index is 13.3. The van der Waals surface area contributed by atoms with E-state index in [0.717, 1.165) is 5.56 Å². The molecule has 0 radical (unpaired) electrons. The maximum absolute atomic E-state index is 13.3. The first-order valence-electron chi connectivity index (χ1n) is 8.30. The predicted molar refractivity (Wildman–Crippen MR) is 96.2 cm³/mol. The minimum atomic E-state index is -1.47. The van der Waals surface area contributed by atoms with Gasteiger partial charge in [-0.1, -0.05) is 35.9 Å². The molecule has 0 saturated carbocycles. The Morgan fingerprint density at radius 1 is 1.19 bits per heavy atom. The Labute approximate surface area is 150 Å². The number of ether oxygens (including phenoxy) is 1. The summed E-state index contributed by atoms with van der Waals surface area (Å²) in [5.74, 6) is -0.629. The zero-order valence-electron chi connectivity index (χ0n) is 14.4. The second kappa shape index (κ2) is 5.66. The number of carbonyl (C=O) groups excluding carboxylic acids is 1. The van der Waals surface area contributed by atoms with E-state index in [2.05, 4.69) is 5.10 Å². The zero-order valence-corrected chi connectivity index (χ0v) is 14.4. The van der Waals surface area contributed by atoms with E-state index in [1.54, 1.807) is 43.3 Å². The molecule has 0 aromatic heterocycles. The van der Waals surface area contributed by atoms with E-state index < -0.39 is 28.9 Å². The van der Waals surface area contributed by atoms with Gasteiger partial charge in [-0.2, -0.15) is 10.1 Å². The third-order valence-electron chi connectivity index (χ3n) is 4.96. The molecule has 0 unspecified atom stereocenters. The average molecular weight is 351 g/mol. The molecule has 0 saturated heterocycles. The summed E-state index contributed by atoms with van der Waals surface area (Å²) in [6.07, 6.45) is 0. The van der Waals surface area contributed by atoms with Crippen LogP contribution in [0.4, 0.5) is 5.69 Å². The number of hydrogen-bond acceptors (Lipinski definition) is 5. The number of fused-ring (bicyclic) bond motifs is 1. The first-order valence-corrected chi connectivity index (χ1v) is 8.30. The lowest BCUT2D eigenvalue weighted by molar-refractivity contribution is -0.484. The lowest BCUT2D eigenvalue weighted by atomic mass is 9.81. The van der Waals surface area contributed by atoms with Crippen LogP contribution >= 0.6 is 0 Å². The van der Waals surface area contributed by atoms with E-state index in [1.807, 2.05) is 19.1 Å². The van der Waals surface area contributed by atoms with Crippen LogP contribution in [0.25, 0.3) is 0 Å². The number of aryl methyl sites for hydroxylation is 1. The van der Waals surface area contributed by atoms with Crippen LogP contribution in [0.5, 0.6) is 5.75 Å². The summed E-state index contributed by atoms with van der Waals surface area (Å²) in [5, 5.41) is 17.0. The van der Waals surface area contributed by atoms with E-state index in [9.17, 15) is 14.9 Å². The summed E-state index contributed by atoms with van der Waals surface area (Å²) in [5.41, 5.74) is 1.29. The monoisotopic (exact) mass is 351 g/mol. The topological polar surface area (TPSA) is 85.0 Å². The summed E-state index contributed by atoms with van der Waals surface area (Å²) < 4.78 is 6.04. The Kier molecular flexibility index (Phi) is 3.54. The van der Waals surface area contributed by atoms with Gasteiger partial charge in [0.05, 0.1) is 11.4 Å². The molecule has 26 heavy (non-hydrogen) atoms. The van der Waals surface area contributed by atoms with Crippen molar-refractivity contribution in [2.24, 2.45) is 5.10 Å². The number of rotatable bonds is 3. The van der Waals surface area contributed by atoms with Gasteiger partial charge < -0.3 is 4.74 Å². The smallest absolute Gasteiger partial charge is 0.298 e. The van der Waals surface area contributed by atoms with Gasteiger partial charge >= 0.3 is 0 Å². The number of carbonyl (C=O) groups is 1. The van der Waals surface area contributed by atoms with Crippen LogP contribution in [0.3, 0.4) is 0 Å². The largest absolute Gasteiger partial charge is 0.470 e. The molecule has 1 amide bonds. The minimum Gasteiger partial charge on any atom is -0.470 e. The van der Waals surface area contributed by atoms with E-state index in [0.29, 0.717) is 22.7 Å². The fraction of sp³-hybridized carbons (Fsp3) is 0.263. The van der Waals surface area contributed by atoms with E-state index in [4.69, 9.17) is 4.74 Å². The second-order valence-corrected chi connectivity index (χ2v) is 6.58. The zero-order chi connectivity index (χ0) is 18.5. The summed E-state index contributed by atoms with van der Waals surface area (Å²) in [6.45, 7) is 3.23.